The summed E-state index contributed by atoms with van der Waals surface area (Å²) in [6.45, 7) is 5.21. The molecule has 1 aliphatic rings. The van der Waals surface area contributed by atoms with Crippen molar-refractivity contribution in [1.29, 1.82) is 0 Å². The van der Waals surface area contributed by atoms with Crippen molar-refractivity contribution in [3.05, 3.63) is 0 Å². The van der Waals surface area contributed by atoms with Gasteiger partial charge in [0.05, 0.1) is 12.6 Å². The molecule has 0 radical (unpaired) electrons. The van der Waals surface area contributed by atoms with Crippen molar-refractivity contribution in [3.8, 4) is 0 Å². The Balaban J connectivity index is 2.50. The van der Waals surface area contributed by atoms with E-state index < -0.39 is 0 Å². The Hall–Kier alpha value is -0.610. The highest BCUT2D eigenvalue weighted by Crippen LogP contribution is 2.27. The fourth-order valence-corrected chi connectivity index (χ4v) is 1.53. The number of methoxy groups -OCH3 is 1. The van der Waals surface area contributed by atoms with Crippen molar-refractivity contribution >= 4 is 5.91 Å². The summed E-state index contributed by atoms with van der Waals surface area (Å²) in [5.41, 5.74) is 5.87. The zero-order chi connectivity index (χ0) is 11.4. The molecule has 1 atom stereocenters. The van der Waals surface area contributed by atoms with Gasteiger partial charge in [0.25, 0.3) is 0 Å². The fraction of sp³-hybridized carbons (Fsp3) is 0.909. The summed E-state index contributed by atoms with van der Waals surface area (Å²) in [4.78, 5) is 13.9. The number of hydrogen-bond donors (Lipinski definition) is 1. The first-order valence-electron chi connectivity index (χ1n) is 5.63. The summed E-state index contributed by atoms with van der Waals surface area (Å²) in [7, 11) is 1.65. The second-order valence-corrected chi connectivity index (χ2v) is 4.53. The minimum Gasteiger partial charge on any atom is -0.383 e. The molecule has 0 aliphatic heterocycles. The van der Waals surface area contributed by atoms with Crippen LogP contribution >= 0.6 is 0 Å². The monoisotopic (exact) mass is 214 g/mol. The van der Waals surface area contributed by atoms with Gasteiger partial charge in [-0.05, 0) is 18.8 Å². The van der Waals surface area contributed by atoms with Crippen LogP contribution in [0.25, 0.3) is 0 Å². The van der Waals surface area contributed by atoms with Crippen LogP contribution in [0.15, 0.2) is 0 Å². The van der Waals surface area contributed by atoms with Crippen LogP contribution in [0.4, 0.5) is 0 Å². The molecule has 1 amide bonds. The van der Waals surface area contributed by atoms with Crippen LogP contribution in [0.1, 0.15) is 26.7 Å². The zero-order valence-electron chi connectivity index (χ0n) is 9.90. The summed E-state index contributed by atoms with van der Waals surface area (Å²) in [5.74, 6) is 0.269. The van der Waals surface area contributed by atoms with Crippen LogP contribution < -0.4 is 5.73 Å². The SMILES string of the molecule is COCCN(C(=O)C(N)C(C)C)C1CC1. The Morgan fingerprint density at radius 2 is 2.13 bits per heavy atom. The second-order valence-electron chi connectivity index (χ2n) is 4.53. The second kappa shape index (κ2) is 5.47. The Morgan fingerprint density at radius 3 is 2.53 bits per heavy atom. The highest BCUT2D eigenvalue weighted by molar-refractivity contribution is 5.82. The van der Waals surface area contributed by atoms with E-state index in [9.17, 15) is 4.79 Å². The van der Waals surface area contributed by atoms with Crippen LogP contribution in [0.3, 0.4) is 0 Å². The summed E-state index contributed by atoms with van der Waals surface area (Å²) >= 11 is 0. The Bertz CT molecular complexity index is 215. The van der Waals surface area contributed by atoms with Gasteiger partial charge in [0.2, 0.25) is 5.91 Å². The predicted molar refractivity (Wildman–Crippen MR) is 59.4 cm³/mol. The molecule has 88 valence electrons. The van der Waals surface area contributed by atoms with Crippen molar-refractivity contribution in [2.45, 2.75) is 38.8 Å². The molecule has 4 nitrogen and oxygen atoms in total. The minimum absolute atomic E-state index is 0.0737. The topological polar surface area (TPSA) is 55.6 Å². The molecule has 0 aromatic heterocycles. The van der Waals surface area contributed by atoms with Crippen molar-refractivity contribution in [2.75, 3.05) is 20.3 Å². The minimum atomic E-state index is -0.373. The van der Waals surface area contributed by atoms with E-state index >= 15 is 0 Å². The lowest BCUT2D eigenvalue weighted by molar-refractivity contribution is -0.134. The molecular weight excluding hydrogens is 192 g/mol. The number of hydrogen-bond acceptors (Lipinski definition) is 3. The smallest absolute Gasteiger partial charge is 0.240 e. The van der Waals surface area contributed by atoms with Crippen molar-refractivity contribution in [3.63, 3.8) is 0 Å². The number of carbonyl (C=O) groups excluding carboxylic acids is 1. The third-order valence-corrected chi connectivity index (χ3v) is 2.81. The van der Waals surface area contributed by atoms with Crippen LogP contribution in [-0.4, -0.2) is 43.2 Å². The zero-order valence-corrected chi connectivity index (χ0v) is 9.90. The molecule has 0 saturated heterocycles. The molecule has 15 heavy (non-hydrogen) atoms. The molecule has 0 aromatic rings. The molecule has 1 saturated carbocycles. The lowest BCUT2D eigenvalue weighted by Crippen LogP contribution is -2.48. The Kier molecular flexibility index (Phi) is 4.54. The maximum absolute atomic E-state index is 12.0. The number of carbonyl (C=O) groups is 1. The predicted octanol–water partition coefficient (Wildman–Crippen LogP) is 0.607. The highest BCUT2D eigenvalue weighted by Gasteiger charge is 2.35. The van der Waals surface area contributed by atoms with Crippen molar-refractivity contribution in [2.24, 2.45) is 11.7 Å². The van der Waals surface area contributed by atoms with Crippen molar-refractivity contribution < 1.29 is 9.53 Å². The number of ether oxygens (including phenoxy) is 1. The number of amides is 1. The molecule has 1 unspecified atom stereocenters. The molecule has 1 fully saturated rings. The van der Waals surface area contributed by atoms with E-state index in [0.29, 0.717) is 19.2 Å². The van der Waals surface area contributed by atoms with Gasteiger partial charge in [-0.2, -0.15) is 0 Å². The highest BCUT2D eigenvalue weighted by atomic mass is 16.5. The van der Waals surface area contributed by atoms with E-state index in [4.69, 9.17) is 10.5 Å². The molecule has 0 bridgehead atoms. The van der Waals surface area contributed by atoms with Crippen molar-refractivity contribution in [1.82, 2.24) is 4.90 Å². The van der Waals surface area contributed by atoms with Crippen LogP contribution in [0.5, 0.6) is 0 Å². The molecule has 0 aromatic carbocycles. The average Bonchev–Trinajstić information content (AvgIpc) is 3.00. The van der Waals surface area contributed by atoms with Gasteiger partial charge >= 0.3 is 0 Å². The van der Waals surface area contributed by atoms with E-state index in [1.807, 2.05) is 18.7 Å². The first-order valence-corrected chi connectivity index (χ1v) is 5.63. The number of nitrogens with zero attached hydrogens (tertiary/aromatic N) is 1. The van der Waals surface area contributed by atoms with E-state index in [0.717, 1.165) is 12.8 Å². The largest absolute Gasteiger partial charge is 0.383 e. The molecular formula is C11H22N2O2. The van der Waals surface area contributed by atoms with Crippen LogP contribution in [0.2, 0.25) is 0 Å². The van der Waals surface area contributed by atoms with Gasteiger partial charge in [0.15, 0.2) is 0 Å². The Morgan fingerprint density at radius 1 is 1.53 bits per heavy atom. The van der Waals surface area contributed by atoms with Gasteiger partial charge < -0.3 is 15.4 Å². The lowest BCUT2D eigenvalue weighted by atomic mass is 10.0. The third-order valence-electron chi connectivity index (χ3n) is 2.81. The average molecular weight is 214 g/mol. The normalized spacial score (nSPS) is 17.9. The van der Waals surface area contributed by atoms with E-state index in [2.05, 4.69) is 0 Å². The maximum Gasteiger partial charge on any atom is 0.240 e. The van der Waals surface area contributed by atoms with Crippen LogP contribution in [0, 0.1) is 5.92 Å². The molecule has 1 aliphatic carbocycles. The van der Waals surface area contributed by atoms with Crippen LogP contribution in [-0.2, 0) is 9.53 Å². The lowest BCUT2D eigenvalue weighted by Gasteiger charge is -2.27. The van der Waals surface area contributed by atoms with Gasteiger partial charge in [0.1, 0.15) is 0 Å². The molecule has 4 heteroatoms. The number of rotatable bonds is 6. The molecule has 0 spiro atoms. The maximum atomic E-state index is 12.0. The number of nitrogens with two attached hydrogens (primary N) is 1. The summed E-state index contributed by atoms with van der Waals surface area (Å²) in [6, 6.07) is 0.0416. The van der Waals surface area contributed by atoms with E-state index in [1.54, 1.807) is 7.11 Å². The molecule has 2 N–H and O–H groups in total. The van der Waals surface area contributed by atoms with Gasteiger partial charge in [-0.15, -0.1) is 0 Å². The first kappa shape index (κ1) is 12.5. The van der Waals surface area contributed by atoms with Gasteiger partial charge in [-0.25, -0.2) is 0 Å². The quantitative estimate of drug-likeness (QED) is 0.704. The molecule has 0 heterocycles. The van der Waals surface area contributed by atoms with E-state index in [1.165, 1.54) is 0 Å². The summed E-state index contributed by atoms with van der Waals surface area (Å²) in [5, 5.41) is 0. The van der Waals surface area contributed by atoms with Gasteiger partial charge in [-0.1, -0.05) is 13.8 Å². The third kappa shape index (κ3) is 3.47. The standard InChI is InChI=1S/C11H22N2O2/c1-8(2)10(12)11(14)13(6-7-15-3)9-4-5-9/h8-10H,4-7,12H2,1-3H3. The summed E-state index contributed by atoms with van der Waals surface area (Å²) < 4.78 is 5.01. The Labute approximate surface area is 91.8 Å². The van der Waals surface area contributed by atoms with Gasteiger partial charge in [-0.3, -0.25) is 4.79 Å². The molecule has 1 rings (SSSR count). The summed E-state index contributed by atoms with van der Waals surface area (Å²) in [6.07, 6.45) is 2.22. The van der Waals surface area contributed by atoms with Gasteiger partial charge in [0, 0.05) is 19.7 Å². The first-order chi connectivity index (χ1) is 7.07. The fourth-order valence-electron chi connectivity index (χ4n) is 1.53. The van der Waals surface area contributed by atoms with E-state index in [-0.39, 0.29) is 17.9 Å².